The van der Waals surface area contributed by atoms with Gasteiger partial charge in [0.1, 0.15) is 0 Å². The predicted octanol–water partition coefficient (Wildman–Crippen LogP) is 0.964. The molecule has 0 spiro atoms. The van der Waals surface area contributed by atoms with Crippen LogP contribution in [0.5, 0.6) is 0 Å². The standard InChI is InChI=1S/C10H10N4O3/c1-7(5-9(15)16)6-14-12-10(11-13-14)8-3-2-4-17-8/h2-5H,6H2,1H3,(H,15,16)/b7-5+. The lowest BCUT2D eigenvalue weighted by Gasteiger charge is -1.96. The van der Waals surface area contributed by atoms with Crippen LogP contribution < -0.4 is 0 Å². The third-order valence-corrected chi connectivity index (χ3v) is 1.96. The number of hydrogen-bond acceptors (Lipinski definition) is 5. The molecule has 1 N–H and O–H groups in total. The van der Waals surface area contributed by atoms with Gasteiger partial charge in [0.2, 0.25) is 5.82 Å². The molecule has 0 saturated carbocycles. The Kier molecular flexibility index (Phi) is 2.99. The van der Waals surface area contributed by atoms with Crippen molar-refractivity contribution in [3.05, 3.63) is 30.0 Å². The summed E-state index contributed by atoms with van der Waals surface area (Å²) in [6.45, 7) is 1.96. The van der Waals surface area contributed by atoms with Crippen LogP contribution in [0.3, 0.4) is 0 Å². The molecule has 0 bridgehead atoms. The Morgan fingerprint density at radius 2 is 2.47 bits per heavy atom. The Morgan fingerprint density at radius 3 is 3.12 bits per heavy atom. The Balaban J connectivity index is 2.12. The first-order valence-corrected chi connectivity index (χ1v) is 4.87. The van der Waals surface area contributed by atoms with Crippen molar-refractivity contribution < 1.29 is 14.3 Å². The van der Waals surface area contributed by atoms with E-state index in [2.05, 4.69) is 15.4 Å². The molecule has 2 heterocycles. The van der Waals surface area contributed by atoms with E-state index in [1.807, 2.05) is 0 Å². The zero-order valence-corrected chi connectivity index (χ0v) is 9.07. The maximum Gasteiger partial charge on any atom is 0.328 e. The van der Waals surface area contributed by atoms with Crippen molar-refractivity contribution in [1.29, 1.82) is 0 Å². The molecule has 0 fully saturated rings. The van der Waals surface area contributed by atoms with E-state index in [9.17, 15) is 4.79 Å². The second-order valence-corrected chi connectivity index (χ2v) is 3.45. The molecule has 88 valence electrons. The van der Waals surface area contributed by atoms with E-state index in [1.165, 1.54) is 11.1 Å². The minimum Gasteiger partial charge on any atom is -0.478 e. The molecule has 17 heavy (non-hydrogen) atoms. The topological polar surface area (TPSA) is 94.0 Å². The molecule has 0 aliphatic carbocycles. The third kappa shape index (κ3) is 2.77. The Labute approximate surface area is 96.4 Å². The van der Waals surface area contributed by atoms with E-state index in [4.69, 9.17) is 9.52 Å². The SMILES string of the molecule is C/C(=C\C(=O)O)Cn1nnc(-c2ccco2)n1. The molecule has 7 nitrogen and oxygen atoms in total. The summed E-state index contributed by atoms with van der Waals surface area (Å²) in [6, 6.07) is 3.45. The van der Waals surface area contributed by atoms with E-state index in [0.717, 1.165) is 6.08 Å². The van der Waals surface area contributed by atoms with Crippen molar-refractivity contribution in [3.8, 4) is 11.6 Å². The highest BCUT2D eigenvalue weighted by atomic mass is 16.4. The van der Waals surface area contributed by atoms with E-state index in [-0.39, 0.29) is 6.54 Å². The number of aromatic nitrogens is 4. The molecule has 2 aromatic rings. The van der Waals surface area contributed by atoms with Gasteiger partial charge in [-0.1, -0.05) is 0 Å². The quantitative estimate of drug-likeness (QED) is 0.792. The molecule has 0 atom stereocenters. The maximum absolute atomic E-state index is 10.4. The highest BCUT2D eigenvalue weighted by Crippen LogP contribution is 2.13. The van der Waals surface area contributed by atoms with Crippen LogP contribution in [0.25, 0.3) is 11.6 Å². The van der Waals surface area contributed by atoms with Crippen LogP contribution in [-0.4, -0.2) is 31.3 Å². The first-order chi connectivity index (χ1) is 8.15. The van der Waals surface area contributed by atoms with E-state index < -0.39 is 5.97 Å². The van der Waals surface area contributed by atoms with Gasteiger partial charge in [0, 0.05) is 6.08 Å². The molecule has 0 aliphatic heterocycles. The van der Waals surface area contributed by atoms with Crippen LogP contribution in [0.2, 0.25) is 0 Å². The summed E-state index contributed by atoms with van der Waals surface area (Å²) in [4.78, 5) is 11.7. The minimum atomic E-state index is -0.992. The first kappa shape index (κ1) is 11.1. The zero-order valence-electron chi connectivity index (χ0n) is 9.07. The summed E-state index contributed by atoms with van der Waals surface area (Å²) in [5.74, 6) is -0.0943. The molecule has 0 saturated heterocycles. The van der Waals surface area contributed by atoms with Gasteiger partial charge in [-0.3, -0.25) is 0 Å². The number of carboxylic acids is 1. The van der Waals surface area contributed by atoms with Gasteiger partial charge in [-0.15, -0.1) is 10.2 Å². The van der Waals surface area contributed by atoms with Gasteiger partial charge in [-0.2, -0.15) is 4.80 Å². The summed E-state index contributed by atoms with van der Waals surface area (Å²) in [5.41, 5.74) is 0.626. The van der Waals surface area contributed by atoms with Crippen molar-refractivity contribution in [2.24, 2.45) is 0 Å². The van der Waals surface area contributed by atoms with Gasteiger partial charge >= 0.3 is 5.97 Å². The first-order valence-electron chi connectivity index (χ1n) is 4.87. The fourth-order valence-electron chi connectivity index (χ4n) is 1.29. The number of tetrazole rings is 1. The van der Waals surface area contributed by atoms with Crippen LogP contribution in [0.15, 0.2) is 34.5 Å². The zero-order chi connectivity index (χ0) is 12.3. The number of furan rings is 1. The average molecular weight is 234 g/mol. The number of carboxylic acid groups (broad SMARTS) is 1. The monoisotopic (exact) mass is 234 g/mol. The molecule has 0 amide bonds. The van der Waals surface area contributed by atoms with Crippen molar-refractivity contribution in [2.75, 3.05) is 0 Å². The number of rotatable bonds is 4. The molecular formula is C10H10N4O3. The molecule has 7 heteroatoms. The fraction of sp³-hybridized carbons (Fsp3) is 0.200. The minimum absolute atomic E-state index is 0.278. The second-order valence-electron chi connectivity index (χ2n) is 3.45. The third-order valence-electron chi connectivity index (χ3n) is 1.96. The molecular weight excluding hydrogens is 224 g/mol. The largest absolute Gasteiger partial charge is 0.478 e. The Morgan fingerprint density at radius 1 is 1.65 bits per heavy atom. The summed E-state index contributed by atoms with van der Waals surface area (Å²) < 4.78 is 5.12. The number of hydrogen-bond donors (Lipinski definition) is 1. The van der Waals surface area contributed by atoms with Gasteiger partial charge < -0.3 is 9.52 Å². The molecule has 2 aromatic heterocycles. The van der Waals surface area contributed by atoms with Gasteiger partial charge in [0.05, 0.1) is 12.8 Å². The number of aliphatic carboxylic acids is 1. The molecule has 2 rings (SSSR count). The number of allylic oxidation sites excluding steroid dienone is 1. The van der Waals surface area contributed by atoms with E-state index in [0.29, 0.717) is 17.2 Å². The van der Waals surface area contributed by atoms with Gasteiger partial charge in [0.25, 0.3) is 0 Å². The summed E-state index contributed by atoms with van der Waals surface area (Å²) in [5, 5.41) is 20.2. The smallest absolute Gasteiger partial charge is 0.328 e. The maximum atomic E-state index is 10.4. The second kappa shape index (κ2) is 4.60. The molecule has 0 aromatic carbocycles. The van der Waals surface area contributed by atoms with Crippen molar-refractivity contribution in [2.45, 2.75) is 13.5 Å². The van der Waals surface area contributed by atoms with E-state index >= 15 is 0 Å². The lowest BCUT2D eigenvalue weighted by molar-refractivity contribution is -0.131. The predicted molar refractivity (Wildman–Crippen MR) is 56.9 cm³/mol. The van der Waals surface area contributed by atoms with Gasteiger partial charge in [-0.05, 0) is 29.8 Å². The van der Waals surface area contributed by atoms with Crippen LogP contribution in [0.1, 0.15) is 6.92 Å². The summed E-state index contributed by atoms with van der Waals surface area (Å²) >= 11 is 0. The fourth-order valence-corrected chi connectivity index (χ4v) is 1.29. The van der Waals surface area contributed by atoms with Crippen molar-refractivity contribution in [3.63, 3.8) is 0 Å². The van der Waals surface area contributed by atoms with Crippen LogP contribution >= 0.6 is 0 Å². The summed E-state index contributed by atoms with van der Waals surface area (Å²) in [7, 11) is 0. The molecule has 0 aliphatic rings. The number of carbonyl (C=O) groups is 1. The van der Waals surface area contributed by atoms with Crippen LogP contribution in [0.4, 0.5) is 0 Å². The Hall–Kier alpha value is -2.44. The Bertz CT molecular complexity index is 542. The van der Waals surface area contributed by atoms with E-state index in [1.54, 1.807) is 19.1 Å². The van der Waals surface area contributed by atoms with Crippen LogP contribution in [-0.2, 0) is 11.3 Å². The van der Waals surface area contributed by atoms with Crippen molar-refractivity contribution in [1.82, 2.24) is 20.2 Å². The highest BCUT2D eigenvalue weighted by molar-refractivity contribution is 5.80. The van der Waals surface area contributed by atoms with Gasteiger partial charge in [-0.25, -0.2) is 4.79 Å². The highest BCUT2D eigenvalue weighted by Gasteiger charge is 2.08. The van der Waals surface area contributed by atoms with Crippen molar-refractivity contribution >= 4 is 5.97 Å². The number of nitrogens with zero attached hydrogens (tertiary/aromatic N) is 4. The lowest BCUT2D eigenvalue weighted by atomic mass is 10.3. The lowest BCUT2D eigenvalue weighted by Crippen LogP contribution is -2.05. The molecule has 0 unspecified atom stereocenters. The average Bonchev–Trinajstić information content (AvgIpc) is 2.84. The van der Waals surface area contributed by atoms with Crippen LogP contribution in [0, 0.1) is 0 Å². The normalized spacial score (nSPS) is 11.7. The summed E-state index contributed by atoms with van der Waals surface area (Å²) in [6.07, 6.45) is 2.63. The molecule has 0 radical (unpaired) electrons. The van der Waals surface area contributed by atoms with Gasteiger partial charge in [0.15, 0.2) is 5.76 Å².